The van der Waals surface area contributed by atoms with Gasteiger partial charge in [-0.15, -0.1) is 10.2 Å². The minimum Gasteiger partial charge on any atom is -0.495 e. The summed E-state index contributed by atoms with van der Waals surface area (Å²) < 4.78 is 24.7. The largest absolute Gasteiger partial charge is 0.495 e. The fraction of sp³-hybridized carbons (Fsp3) is 0.158. The number of anilines is 1. The third kappa shape index (κ3) is 3.15. The number of pyridine rings is 2. The number of rotatable bonds is 6. The van der Waals surface area contributed by atoms with Crippen LogP contribution in [0, 0.1) is 0 Å². The van der Waals surface area contributed by atoms with Crippen LogP contribution in [0.4, 0.5) is 10.1 Å². The van der Waals surface area contributed by atoms with Gasteiger partial charge in [0.2, 0.25) is 0 Å². The Labute approximate surface area is 168 Å². The third-order valence-corrected chi connectivity index (χ3v) is 4.50. The Balaban J connectivity index is 1.44. The van der Waals surface area contributed by atoms with Gasteiger partial charge in [0.05, 0.1) is 31.1 Å². The molecule has 0 aliphatic heterocycles. The second-order valence-electron chi connectivity index (χ2n) is 6.38. The lowest BCUT2D eigenvalue weighted by molar-refractivity contribution is 0.395. The van der Waals surface area contributed by atoms with Gasteiger partial charge in [0.1, 0.15) is 29.3 Å². The monoisotopic (exact) mass is 406 g/mol. The van der Waals surface area contributed by atoms with Crippen molar-refractivity contribution in [2.24, 2.45) is 0 Å². The van der Waals surface area contributed by atoms with Crippen LogP contribution in [0.1, 0.15) is 11.5 Å². The Hall–Kier alpha value is -4.15. The van der Waals surface area contributed by atoms with Crippen LogP contribution in [-0.4, -0.2) is 42.0 Å². The number of nitrogens with zero attached hydrogens (tertiary/aromatic N) is 7. The molecule has 0 radical (unpaired) electrons. The number of alkyl halides is 1. The highest BCUT2D eigenvalue weighted by Crippen LogP contribution is 2.23. The molecule has 0 saturated carbocycles. The third-order valence-electron chi connectivity index (χ3n) is 4.50. The van der Waals surface area contributed by atoms with Crippen LogP contribution in [0.5, 0.6) is 5.75 Å². The van der Waals surface area contributed by atoms with Gasteiger partial charge in [-0.3, -0.25) is 4.98 Å². The van der Waals surface area contributed by atoms with Crippen molar-refractivity contribution in [1.29, 1.82) is 0 Å². The molecule has 0 aliphatic rings. The SMILES string of the molecule is COc1cnc2c(NCc3nnc4ccc(-c5cc(CF)no5)nn34)ccnc2c1. The molecule has 0 atom stereocenters. The van der Waals surface area contributed by atoms with Crippen molar-refractivity contribution in [2.45, 2.75) is 13.2 Å². The molecule has 1 N–H and O–H groups in total. The maximum absolute atomic E-state index is 12.7. The predicted molar refractivity (Wildman–Crippen MR) is 105 cm³/mol. The average molecular weight is 406 g/mol. The van der Waals surface area contributed by atoms with E-state index < -0.39 is 6.67 Å². The fourth-order valence-corrected chi connectivity index (χ4v) is 3.01. The molecule has 150 valence electrons. The van der Waals surface area contributed by atoms with Crippen LogP contribution in [-0.2, 0) is 13.2 Å². The van der Waals surface area contributed by atoms with E-state index in [0.717, 1.165) is 5.69 Å². The van der Waals surface area contributed by atoms with E-state index in [4.69, 9.17) is 9.26 Å². The Morgan fingerprint density at radius 3 is 2.93 bits per heavy atom. The quantitative estimate of drug-likeness (QED) is 0.454. The molecular formula is C19H15FN8O2. The number of fused-ring (bicyclic) bond motifs is 2. The van der Waals surface area contributed by atoms with E-state index in [9.17, 15) is 4.39 Å². The molecule has 0 bridgehead atoms. The topological polar surface area (TPSA) is 116 Å². The lowest BCUT2D eigenvalue weighted by Gasteiger charge is -2.08. The molecule has 0 unspecified atom stereocenters. The number of halogens is 1. The van der Waals surface area contributed by atoms with Crippen LogP contribution >= 0.6 is 0 Å². The Kier molecular flexibility index (Phi) is 4.39. The van der Waals surface area contributed by atoms with Gasteiger partial charge < -0.3 is 14.6 Å². The second kappa shape index (κ2) is 7.35. The van der Waals surface area contributed by atoms with Crippen LogP contribution in [0.15, 0.2) is 47.2 Å². The summed E-state index contributed by atoms with van der Waals surface area (Å²) >= 11 is 0. The van der Waals surface area contributed by atoms with E-state index in [2.05, 4.69) is 35.7 Å². The van der Waals surface area contributed by atoms with E-state index in [1.54, 1.807) is 36.2 Å². The van der Waals surface area contributed by atoms with Crippen LogP contribution < -0.4 is 10.1 Å². The molecule has 10 nitrogen and oxygen atoms in total. The zero-order valence-corrected chi connectivity index (χ0v) is 15.8. The highest BCUT2D eigenvalue weighted by molar-refractivity contribution is 5.87. The molecule has 11 heteroatoms. The first kappa shape index (κ1) is 17.9. The molecular weight excluding hydrogens is 391 g/mol. The van der Waals surface area contributed by atoms with Gasteiger partial charge in [-0.05, 0) is 18.2 Å². The summed E-state index contributed by atoms with van der Waals surface area (Å²) in [6, 6.07) is 8.64. The van der Waals surface area contributed by atoms with Gasteiger partial charge in [0, 0.05) is 18.3 Å². The summed E-state index contributed by atoms with van der Waals surface area (Å²) in [5, 5.41) is 19.8. The van der Waals surface area contributed by atoms with Gasteiger partial charge in [-0.25, -0.2) is 9.37 Å². The van der Waals surface area contributed by atoms with Gasteiger partial charge in [0.25, 0.3) is 0 Å². The van der Waals surface area contributed by atoms with Crippen LogP contribution in [0.2, 0.25) is 0 Å². The van der Waals surface area contributed by atoms with Crippen molar-refractivity contribution in [2.75, 3.05) is 12.4 Å². The first-order valence-electron chi connectivity index (χ1n) is 9.01. The number of ether oxygens (including phenoxy) is 1. The highest BCUT2D eigenvalue weighted by Gasteiger charge is 2.13. The van der Waals surface area contributed by atoms with Gasteiger partial charge >= 0.3 is 0 Å². The van der Waals surface area contributed by atoms with Gasteiger partial charge in [0.15, 0.2) is 17.2 Å². The lowest BCUT2D eigenvalue weighted by Crippen LogP contribution is -2.07. The first-order valence-corrected chi connectivity index (χ1v) is 9.01. The van der Waals surface area contributed by atoms with Crippen molar-refractivity contribution in [1.82, 2.24) is 34.9 Å². The standard InChI is InChI=1S/C19H15FN8O2/c1-29-12-7-15-19(23-9-12)14(4-5-21-15)22-10-18-25-24-17-3-2-13(26-28(17)18)16-6-11(8-20)27-30-16/h2-7,9H,8,10H2,1H3,(H,21,22). The van der Waals surface area contributed by atoms with Crippen molar-refractivity contribution >= 4 is 22.4 Å². The van der Waals surface area contributed by atoms with Crippen LogP contribution in [0.25, 0.3) is 28.1 Å². The minimum absolute atomic E-state index is 0.214. The van der Waals surface area contributed by atoms with E-state index in [0.29, 0.717) is 46.3 Å². The summed E-state index contributed by atoms with van der Waals surface area (Å²) in [5.41, 5.74) is 3.49. The Bertz CT molecular complexity index is 1350. The van der Waals surface area contributed by atoms with Crippen molar-refractivity contribution in [3.05, 3.63) is 54.2 Å². The molecule has 5 rings (SSSR count). The maximum Gasteiger partial charge on any atom is 0.187 e. The Morgan fingerprint density at radius 1 is 1.17 bits per heavy atom. The summed E-state index contributed by atoms with van der Waals surface area (Å²) in [4.78, 5) is 8.75. The van der Waals surface area contributed by atoms with E-state index in [-0.39, 0.29) is 5.69 Å². The molecule has 5 aromatic rings. The Morgan fingerprint density at radius 2 is 2.10 bits per heavy atom. The molecule has 0 spiro atoms. The zero-order valence-electron chi connectivity index (χ0n) is 15.8. The zero-order chi connectivity index (χ0) is 20.5. The molecule has 5 heterocycles. The molecule has 5 aromatic heterocycles. The molecule has 0 amide bonds. The second-order valence-corrected chi connectivity index (χ2v) is 6.38. The molecule has 0 saturated heterocycles. The van der Waals surface area contributed by atoms with E-state index in [1.807, 2.05) is 12.1 Å². The summed E-state index contributed by atoms with van der Waals surface area (Å²) in [6.45, 7) is -0.357. The summed E-state index contributed by atoms with van der Waals surface area (Å²) in [7, 11) is 1.58. The highest BCUT2D eigenvalue weighted by atomic mass is 19.1. The van der Waals surface area contributed by atoms with Gasteiger partial charge in [-0.1, -0.05) is 5.16 Å². The molecule has 0 fully saturated rings. The van der Waals surface area contributed by atoms with Crippen molar-refractivity contribution in [3.8, 4) is 17.2 Å². The minimum atomic E-state index is -0.701. The normalized spacial score (nSPS) is 11.3. The van der Waals surface area contributed by atoms with E-state index in [1.165, 1.54) is 6.07 Å². The van der Waals surface area contributed by atoms with Crippen LogP contribution in [0.3, 0.4) is 0 Å². The fourth-order valence-electron chi connectivity index (χ4n) is 3.01. The van der Waals surface area contributed by atoms with Crippen molar-refractivity contribution < 1.29 is 13.7 Å². The predicted octanol–water partition coefficient (Wildman–Crippen LogP) is 2.81. The molecule has 30 heavy (non-hydrogen) atoms. The van der Waals surface area contributed by atoms with E-state index >= 15 is 0 Å². The molecule has 0 aliphatic carbocycles. The summed E-state index contributed by atoms with van der Waals surface area (Å²) in [6.07, 6.45) is 3.33. The number of aromatic nitrogens is 7. The van der Waals surface area contributed by atoms with Crippen molar-refractivity contribution in [3.63, 3.8) is 0 Å². The maximum atomic E-state index is 12.7. The molecule has 0 aromatic carbocycles. The number of hydrogen-bond acceptors (Lipinski definition) is 9. The number of hydrogen-bond donors (Lipinski definition) is 1. The average Bonchev–Trinajstić information content (AvgIpc) is 3.43. The van der Waals surface area contributed by atoms with Gasteiger partial charge in [-0.2, -0.15) is 9.61 Å². The number of nitrogens with one attached hydrogen (secondary N) is 1. The summed E-state index contributed by atoms with van der Waals surface area (Å²) in [5.74, 6) is 1.58. The number of methoxy groups -OCH3 is 1. The first-order chi connectivity index (χ1) is 14.7. The lowest BCUT2D eigenvalue weighted by atomic mass is 10.2. The smallest absolute Gasteiger partial charge is 0.187 e.